The van der Waals surface area contributed by atoms with Crippen LogP contribution in [0.25, 0.3) is 0 Å². The Kier molecular flexibility index (Phi) is 7.60. The first-order valence-corrected chi connectivity index (χ1v) is 7.75. The number of nitrogens with one attached hydrogen (secondary N) is 1. The summed E-state index contributed by atoms with van der Waals surface area (Å²) >= 11 is 0. The third kappa shape index (κ3) is 5.15. The highest BCUT2D eigenvalue weighted by Gasteiger charge is 2.14. The molecular weight excluding hydrogens is 280 g/mol. The zero-order chi connectivity index (χ0) is 16.5. The molecule has 0 spiro atoms. The van der Waals surface area contributed by atoms with Gasteiger partial charge in [0.05, 0.1) is 19.1 Å². The van der Waals surface area contributed by atoms with Gasteiger partial charge in [0.25, 0.3) is 0 Å². The molecule has 5 nitrogen and oxygen atoms in total. The van der Waals surface area contributed by atoms with Gasteiger partial charge in [-0.15, -0.1) is 0 Å². The smallest absolute Gasteiger partial charge is 0.307 e. The molecule has 0 amide bonds. The first-order chi connectivity index (χ1) is 10.5. The number of esters is 1. The molecule has 1 aromatic carbocycles. The van der Waals surface area contributed by atoms with Crippen LogP contribution < -0.4 is 10.2 Å². The molecular formula is C17H26N2O3. The molecule has 22 heavy (non-hydrogen) atoms. The van der Waals surface area contributed by atoms with Crippen LogP contribution in [0.15, 0.2) is 24.3 Å². The number of rotatable bonds is 9. The number of nitrogens with zero attached hydrogens (tertiary/aromatic N) is 1. The average Bonchev–Trinajstić information content (AvgIpc) is 2.54. The lowest BCUT2D eigenvalue weighted by Gasteiger charge is -2.23. The Balaban J connectivity index is 2.70. The molecule has 0 aromatic heterocycles. The topological polar surface area (TPSA) is 58.6 Å². The normalized spacial score (nSPS) is 11.8. The van der Waals surface area contributed by atoms with E-state index >= 15 is 0 Å². The van der Waals surface area contributed by atoms with Gasteiger partial charge in [-0.3, -0.25) is 9.59 Å². The molecule has 1 aromatic rings. The molecule has 0 fully saturated rings. The minimum Gasteiger partial charge on any atom is -0.466 e. The summed E-state index contributed by atoms with van der Waals surface area (Å²) in [5.74, 6) is -0.112. The molecule has 1 N–H and O–H groups in total. The van der Waals surface area contributed by atoms with Crippen molar-refractivity contribution >= 4 is 17.4 Å². The third-order valence-electron chi connectivity index (χ3n) is 3.62. The summed E-state index contributed by atoms with van der Waals surface area (Å²) < 4.78 is 4.94. The van der Waals surface area contributed by atoms with Gasteiger partial charge in [-0.05, 0) is 52.1 Å². The predicted octanol–water partition coefficient (Wildman–Crippen LogP) is 2.26. The summed E-state index contributed by atoms with van der Waals surface area (Å²) in [6.45, 7) is 7.49. The van der Waals surface area contributed by atoms with Gasteiger partial charge >= 0.3 is 5.97 Å². The first-order valence-electron chi connectivity index (χ1n) is 7.75. The molecule has 0 aliphatic carbocycles. The van der Waals surface area contributed by atoms with Crippen LogP contribution >= 0.6 is 0 Å². The van der Waals surface area contributed by atoms with Crippen LogP contribution in [0.3, 0.4) is 0 Å². The van der Waals surface area contributed by atoms with E-state index in [4.69, 9.17) is 4.74 Å². The van der Waals surface area contributed by atoms with Crippen molar-refractivity contribution in [2.75, 3.05) is 31.6 Å². The van der Waals surface area contributed by atoms with Crippen molar-refractivity contribution in [1.82, 2.24) is 5.32 Å². The lowest BCUT2D eigenvalue weighted by Crippen LogP contribution is -2.30. The Morgan fingerprint density at radius 1 is 1.23 bits per heavy atom. The van der Waals surface area contributed by atoms with Crippen molar-refractivity contribution in [3.05, 3.63) is 29.8 Å². The molecule has 122 valence electrons. The van der Waals surface area contributed by atoms with Crippen LogP contribution in [-0.2, 0) is 9.53 Å². The molecule has 1 rings (SSSR count). The Bertz CT molecular complexity index is 485. The van der Waals surface area contributed by atoms with E-state index in [9.17, 15) is 9.59 Å². The number of ketones is 1. The van der Waals surface area contributed by atoms with Crippen LogP contribution in [-0.4, -0.2) is 44.5 Å². The van der Waals surface area contributed by atoms with E-state index in [0.717, 1.165) is 12.2 Å². The van der Waals surface area contributed by atoms with E-state index in [1.54, 1.807) is 14.0 Å². The summed E-state index contributed by atoms with van der Waals surface area (Å²) in [6.07, 6.45) is 0.360. The first kappa shape index (κ1) is 18.2. The standard InChI is InChI=1S/C17H26N2O3/c1-5-19(12-11-16(20)22-6-2)15-9-7-14(8-10-15)17(21)13(3)18-4/h7-10,13,18H,5-6,11-12H2,1-4H3. The Morgan fingerprint density at radius 2 is 1.86 bits per heavy atom. The molecule has 0 bridgehead atoms. The van der Waals surface area contributed by atoms with Gasteiger partial charge in [0.15, 0.2) is 5.78 Å². The largest absolute Gasteiger partial charge is 0.466 e. The Morgan fingerprint density at radius 3 is 2.36 bits per heavy atom. The molecule has 0 radical (unpaired) electrons. The minimum absolute atomic E-state index is 0.0728. The fourth-order valence-electron chi connectivity index (χ4n) is 2.15. The van der Waals surface area contributed by atoms with Crippen molar-refractivity contribution < 1.29 is 14.3 Å². The van der Waals surface area contributed by atoms with Crippen LogP contribution in [0.5, 0.6) is 0 Å². The number of hydrogen-bond acceptors (Lipinski definition) is 5. The van der Waals surface area contributed by atoms with E-state index in [2.05, 4.69) is 10.2 Å². The lowest BCUT2D eigenvalue weighted by atomic mass is 10.0. The maximum atomic E-state index is 12.1. The second kappa shape index (κ2) is 9.20. The van der Waals surface area contributed by atoms with Crippen LogP contribution in [0.1, 0.15) is 37.6 Å². The molecule has 1 atom stereocenters. The summed E-state index contributed by atoms with van der Waals surface area (Å²) in [5, 5.41) is 2.95. The predicted molar refractivity (Wildman–Crippen MR) is 88.4 cm³/mol. The molecule has 0 saturated carbocycles. The third-order valence-corrected chi connectivity index (χ3v) is 3.62. The highest BCUT2D eigenvalue weighted by atomic mass is 16.5. The van der Waals surface area contributed by atoms with Crippen LogP contribution in [0.4, 0.5) is 5.69 Å². The molecule has 0 aliphatic heterocycles. The zero-order valence-corrected chi connectivity index (χ0v) is 13.9. The van der Waals surface area contributed by atoms with Crippen molar-refractivity contribution in [2.24, 2.45) is 0 Å². The van der Waals surface area contributed by atoms with E-state index in [1.807, 2.05) is 38.1 Å². The number of likely N-dealkylation sites (N-methyl/N-ethyl adjacent to an activating group) is 1. The number of carbonyl (C=O) groups excluding carboxylic acids is 2. The number of anilines is 1. The number of Topliss-reactive ketones (excluding diaryl/α,β-unsaturated/α-hetero) is 1. The summed E-state index contributed by atoms with van der Waals surface area (Å²) in [5.41, 5.74) is 1.69. The number of benzene rings is 1. The maximum absolute atomic E-state index is 12.1. The van der Waals surface area contributed by atoms with Gasteiger partial charge in [-0.2, -0.15) is 0 Å². The maximum Gasteiger partial charge on any atom is 0.307 e. The monoisotopic (exact) mass is 306 g/mol. The summed E-state index contributed by atoms with van der Waals surface area (Å²) in [6, 6.07) is 7.31. The van der Waals surface area contributed by atoms with E-state index in [1.165, 1.54) is 0 Å². The lowest BCUT2D eigenvalue weighted by molar-refractivity contribution is -0.142. The highest BCUT2D eigenvalue weighted by Crippen LogP contribution is 2.16. The van der Waals surface area contributed by atoms with Gasteiger partial charge in [0.1, 0.15) is 0 Å². The summed E-state index contributed by atoms with van der Waals surface area (Å²) in [4.78, 5) is 25.6. The summed E-state index contributed by atoms with van der Waals surface area (Å²) in [7, 11) is 1.77. The second-order valence-corrected chi connectivity index (χ2v) is 5.06. The Labute approximate surface area is 132 Å². The molecule has 0 saturated heterocycles. The number of hydrogen-bond donors (Lipinski definition) is 1. The fourth-order valence-corrected chi connectivity index (χ4v) is 2.15. The van der Waals surface area contributed by atoms with Crippen molar-refractivity contribution in [2.45, 2.75) is 33.2 Å². The Hall–Kier alpha value is -1.88. The molecule has 0 heterocycles. The second-order valence-electron chi connectivity index (χ2n) is 5.06. The van der Waals surface area contributed by atoms with Gasteiger partial charge in [-0.25, -0.2) is 0 Å². The SMILES string of the molecule is CCOC(=O)CCN(CC)c1ccc(C(=O)C(C)NC)cc1. The van der Waals surface area contributed by atoms with Crippen LogP contribution in [0, 0.1) is 0 Å². The van der Waals surface area contributed by atoms with Gasteiger partial charge in [-0.1, -0.05) is 0 Å². The van der Waals surface area contributed by atoms with Crippen molar-refractivity contribution in [3.8, 4) is 0 Å². The van der Waals surface area contributed by atoms with E-state index in [-0.39, 0.29) is 17.8 Å². The van der Waals surface area contributed by atoms with Gasteiger partial charge in [0.2, 0.25) is 0 Å². The van der Waals surface area contributed by atoms with E-state index < -0.39 is 0 Å². The quantitative estimate of drug-likeness (QED) is 0.560. The highest BCUT2D eigenvalue weighted by molar-refractivity contribution is 6.00. The van der Waals surface area contributed by atoms with Gasteiger partial charge < -0.3 is 15.0 Å². The van der Waals surface area contributed by atoms with E-state index in [0.29, 0.717) is 25.1 Å². The zero-order valence-electron chi connectivity index (χ0n) is 13.9. The van der Waals surface area contributed by atoms with Crippen molar-refractivity contribution in [1.29, 1.82) is 0 Å². The minimum atomic E-state index is -0.197. The number of carbonyl (C=O) groups is 2. The number of ether oxygens (including phenoxy) is 1. The molecule has 5 heteroatoms. The van der Waals surface area contributed by atoms with Crippen LogP contribution in [0.2, 0.25) is 0 Å². The van der Waals surface area contributed by atoms with Gasteiger partial charge in [0, 0.05) is 24.3 Å². The fraction of sp³-hybridized carbons (Fsp3) is 0.529. The molecule has 1 unspecified atom stereocenters. The molecule has 0 aliphatic rings. The van der Waals surface area contributed by atoms with Crippen molar-refractivity contribution in [3.63, 3.8) is 0 Å². The average molecular weight is 306 g/mol.